The Morgan fingerprint density at radius 1 is 1.09 bits per heavy atom. The van der Waals surface area contributed by atoms with E-state index in [-0.39, 0.29) is 18.9 Å². The third-order valence-corrected chi connectivity index (χ3v) is 7.15. The van der Waals surface area contributed by atoms with E-state index in [4.69, 9.17) is 9.84 Å². The van der Waals surface area contributed by atoms with E-state index in [2.05, 4.69) is 27.4 Å². The van der Waals surface area contributed by atoms with Gasteiger partial charge in [0.05, 0.1) is 30.1 Å². The van der Waals surface area contributed by atoms with Crippen molar-refractivity contribution >= 4 is 39.7 Å². The number of carbonyl (C=O) groups is 2. The summed E-state index contributed by atoms with van der Waals surface area (Å²) in [6, 6.07) is 10.3. The highest BCUT2D eigenvalue weighted by atomic mass is 32.1. The van der Waals surface area contributed by atoms with Gasteiger partial charge in [-0.05, 0) is 33.3 Å². The molecule has 0 atom stereocenters. The average molecular weight is 496 g/mol. The van der Waals surface area contributed by atoms with E-state index in [0.29, 0.717) is 21.4 Å². The van der Waals surface area contributed by atoms with Gasteiger partial charge in [0.25, 0.3) is 0 Å². The lowest BCUT2D eigenvalue weighted by Crippen LogP contribution is -2.14. The standard InChI is InChI=1S/C24H25N5O3S2/c1-5-32-22(31)21-15(3)25-23(34-21)27-20(30)12-18-13-33-24(26-18)29-16(4)19(14(2)28-29)11-17-9-7-6-8-10-17/h6-10,13H,5,11-12H2,1-4H3,(H,25,27,30). The molecule has 176 valence electrons. The molecule has 0 unspecified atom stereocenters. The molecule has 8 nitrogen and oxygen atoms in total. The molecule has 0 saturated carbocycles. The molecule has 0 saturated heterocycles. The van der Waals surface area contributed by atoms with Crippen molar-refractivity contribution < 1.29 is 14.3 Å². The first-order chi connectivity index (χ1) is 16.4. The number of esters is 1. The van der Waals surface area contributed by atoms with E-state index in [0.717, 1.165) is 34.3 Å². The molecule has 3 heterocycles. The third kappa shape index (κ3) is 5.23. The van der Waals surface area contributed by atoms with Crippen LogP contribution in [-0.4, -0.2) is 38.2 Å². The lowest BCUT2D eigenvalue weighted by Gasteiger charge is -2.03. The number of ether oxygens (including phenoxy) is 1. The minimum absolute atomic E-state index is 0.0973. The first kappa shape index (κ1) is 23.8. The average Bonchev–Trinajstić information content (AvgIpc) is 3.48. The van der Waals surface area contributed by atoms with E-state index in [1.165, 1.54) is 22.5 Å². The van der Waals surface area contributed by atoms with Crippen LogP contribution < -0.4 is 5.32 Å². The highest BCUT2D eigenvalue weighted by molar-refractivity contribution is 7.17. The van der Waals surface area contributed by atoms with Crippen LogP contribution in [0.25, 0.3) is 5.13 Å². The van der Waals surface area contributed by atoms with Gasteiger partial charge in [0, 0.05) is 23.1 Å². The van der Waals surface area contributed by atoms with Gasteiger partial charge in [0.15, 0.2) is 5.13 Å². The number of aromatic nitrogens is 4. The van der Waals surface area contributed by atoms with Gasteiger partial charge >= 0.3 is 5.97 Å². The number of nitrogens with one attached hydrogen (secondary N) is 1. The number of carbonyl (C=O) groups excluding carboxylic acids is 2. The summed E-state index contributed by atoms with van der Waals surface area (Å²) in [5.41, 5.74) is 5.59. The molecule has 10 heteroatoms. The predicted octanol–water partition coefficient (Wildman–Crippen LogP) is 4.66. The Hall–Kier alpha value is -3.37. The van der Waals surface area contributed by atoms with Crippen molar-refractivity contribution in [1.29, 1.82) is 0 Å². The summed E-state index contributed by atoms with van der Waals surface area (Å²) >= 11 is 2.55. The van der Waals surface area contributed by atoms with Crippen molar-refractivity contribution in [1.82, 2.24) is 19.7 Å². The van der Waals surface area contributed by atoms with Crippen LogP contribution in [-0.2, 0) is 22.4 Å². The quantitative estimate of drug-likeness (QED) is 0.357. The van der Waals surface area contributed by atoms with Crippen molar-refractivity contribution in [3.63, 3.8) is 0 Å². The SMILES string of the molecule is CCOC(=O)c1sc(NC(=O)Cc2csc(-n3nc(C)c(Cc4ccccc4)c3C)n2)nc1C. The summed E-state index contributed by atoms with van der Waals surface area (Å²) in [7, 11) is 0. The van der Waals surface area contributed by atoms with Gasteiger partial charge < -0.3 is 10.1 Å². The maximum atomic E-state index is 12.6. The van der Waals surface area contributed by atoms with Crippen molar-refractivity contribution in [2.45, 2.75) is 40.5 Å². The minimum Gasteiger partial charge on any atom is -0.462 e. The van der Waals surface area contributed by atoms with Gasteiger partial charge in [-0.1, -0.05) is 41.7 Å². The molecule has 0 aliphatic carbocycles. The van der Waals surface area contributed by atoms with Gasteiger partial charge in [-0.25, -0.2) is 19.4 Å². The zero-order chi connectivity index (χ0) is 24.2. The first-order valence-electron chi connectivity index (χ1n) is 10.8. The Labute approximate surface area is 205 Å². The molecular weight excluding hydrogens is 470 g/mol. The molecule has 4 rings (SSSR count). The number of rotatable bonds is 8. The van der Waals surface area contributed by atoms with Crippen LogP contribution in [0, 0.1) is 20.8 Å². The smallest absolute Gasteiger partial charge is 0.350 e. The molecular formula is C24H25N5O3S2. The molecule has 0 spiro atoms. The lowest BCUT2D eigenvalue weighted by atomic mass is 10.0. The maximum Gasteiger partial charge on any atom is 0.350 e. The van der Waals surface area contributed by atoms with Crippen molar-refractivity contribution in [3.05, 3.63) is 74.5 Å². The largest absolute Gasteiger partial charge is 0.462 e. The van der Waals surface area contributed by atoms with Crippen molar-refractivity contribution in [2.24, 2.45) is 0 Å². The van der Waals surface area contributed by atoms with Crippen molar-refractivity contribution in [2.75, 3.05) is 11.9 Å². The fourth-order valence-electron chi connectivity index (χ4n) is 3.56. The van der Waals surface area contributed by atoms with Gasteiger partial charge in [-0.3, -0.25) is 4.79 Å². The zero-order valence-electron chi connectivity index (χ0n) is 19.4. The van der Waals surface area contributed by atoms with Crippen LogP contribution in [0.4, 0.5) is 5.13 Å². The Balaban J connectivity index is 1.44. The molecule has 1 aromatic carbocycles. The van der Waals surface area contributed by atoms with Crippen molar-refractivity contribution in [3.8, 4) is 5.13 Å². The number of benzene rings is 1. The summed E-state index contributed by atoms with van der Waals surface area (Å²) in [6.07, 6.45) is 0.903. The molecule has 0 radical (unpaired) electrons. The fraction of sp³-hybridized carbons (Fsp3) is 0.292. The molecule has 34 heavy (non-hydrogen) atoms. The Bertz CT molecular complexity index is 1320. The third-order valence-electron chi connectivity index (χ3n) is 5.23. The summed E-state index contributed by atoms with van der Waals surface area (Å²) in [5, 5.41) is 10.4. The highest BCUT2D eigenvalue weighted by Gasteiger charge is 2.19. The summed E-state index contributed by atoms with van der Waals surface area (Å²) < 4.78 is 6.87. The molecule has 0 fully saturated rings. The second-order valence-electron chi connectivity index (χ2n) is 7.72. The number of amides is 1. The summed E-state index contributed by atoms with van der Waals surface area (Å²) in [5.74, 6) is -0.683. The number of hydrogen-bond acceptors (Lipinski definition) is 8. The summed E-state index contributed by atoms with van der Waals surface area (Å²) in [6.45, 7) is 7.79. The van der Waals surface area contributed by atoms with E-state index in [1.807, 2.05) is 42.1 Å². The molecule has 0 aliphatic rings. The van der Waals surface area contributed by atoms with Crippen LogP contribution in [0.15, 0.2) is 35.7 Å². The second-order valence-corrected chi connectivity index (χ2v) is 9.56. The molecule has 4 aromatic rings. The molecule has 1 amide bonds. The second kappa shape index (κ2) is 10.3. The van der Waals surface area contributed by atoms with Crippen LogP contribution in [0.5, 0.6) is 0 Å². The van der Waals surface area contributed by atoms with Gasteiger partial charge in [0.2, 0.25) is 11.0 Å². The fourth-order valence-corrected chi connectivity index (χ4v) is 5.26. The normalized spacial score (nSPS) is 10.9. The zero-order valence-corrected chi connectivity index (χ0v) is 21.0. The number of hydrogen-bond donors (Lipinski definition) is 1. The first-order valence-corrected chi connectivity index (χ1v) is 12.5. The number of aryl methyl sites for hydroxylation is 2. The molecule has 0 bridgehead atoms. The maximum absolute atomic E-state index is 12.6. The van der Waals surface area contributed by atoms with Crippen LogP contribution >= 0.6 is 22.7 Å². The van der Waals surface area contributed by atoms with E-state index in [9.17, 15) is 9.59 Å². The van der Waals surface area contributed by atoms with Gasteiger partial charge in [-0.15, -0.1) is 11.3 Å². The van der Waals surface area contributed by atoms with Crippen LogP contribution in [0.2, 0.25) is 0 Å². The monoisotopic (exact) mass is 495 g/mol. The van der Waals surface area contributed by atoms with E-state index >= 15 is 0 Å². The minimum atomic E-state index is -0.432. The highest BCUT2D eigenvalue weighted by Crippen LogP contribution is 2.25. The van der Waals surface area contributed by atoms with Crippen LogP contribution in [0.1, 0.15) is 50.5 Å². The number of anilines is 1. The number of nitrogens with zero attached hydrogens (tertiary/aromatic N) is 4. The Morgan fingerprint density at radius 2 is 1.85 bits per heavy atom. The predicted molar refractivity (Wildman–Crippen MR) is 133 cm³/mol. The van der Waals surface area contributed by atoms with Gasteiger partial charge in [0.1, 0.15) is 4.88 Å². The molecule has 0 aliphatic heterocycles. The molecule has 1 N–H and O–H groups in total. The van der Waals surface area contributed by atoms with E-state index < -0.39 is 5.97 Å². The summed E-state index contributed by atoms with van der Waals surface area (Å²) in [4.78, 5) is 33.8. The van der Waals surface area contributed by atoms with Crippen LogP contribution in [0.3, 0.4) is 0 Å². The van der Waals surface area contributed by atoms with E-state index in [1.54, 1.807) is 13.8 Å². The molecule has 3 aromatic heterocycles. The Morgan fingerprint density at radius 3 is 2.59 bits per heavy atom. The lowest BCUT2D eigenvalue weighted by molar-refractivity contribution is -0.115. The number of thiazole rings is 2. The van der Waals surface area contributed by atoms with Gasteiger partial charge in [-0.2, -0.15) is 5.10 Å². The Kier molecular flexibility index (Phi) is 7.18. The topological polar surface area (TPSA) is 99.0 Å².